The molecule has 38 heavy (non-hydrogen) atoms. The highest BCUT2D eigenvalue weighted by Gasteiger charge is 2.25. The monoisotopic (exact) mass is 544 g/mol. The van der Waals surface area contributed by atoms with Gasteiger partial charge in [0.05, 0.1) is 25.7 Å². The van der Waals surface area contributed by atoms with E-state index in [1.54, 1.807) is 7.11 Å². The first-order valence-corrected chi connectivity index (χ1v) is 13.4. The molecule has 0 aliphatic rings. The van der Waals surface area contributed by atoms with Crippen LogP contribution in [0, 0.1) is 11.3 Å². The van der Waals surface area contributed by atoms with Gasteiger partial charge >= 0.3 is 5.97 Å². The van der Waals surface area contributed by atoms with Crippen LogP contribution in [0.1, 0.15) is 58.2 Å². The molecule has 0 spiro atoms. The summed E-state index contributed by atoms with van der Waals surface area (Å²) in [5.41, 5.74) is 8.42. The van der Waals surface area contributed by atoms with Gasteiger partial charge in [0.15, 0.2) is 11.5 Å². The van der Waals surface area contributed by atoms with Crippen molar-refractivity contribution in [3.63, 3.8) is 0 Å². The molecule has 2 aromatic carbocycles. The second-order valence-electron chi connectivity index (χ2n) is 11.4. The summed E-state index contributed by atoms with van der Waals surface area (Å²) in [7, 11) is 1.60. The van der Waals surface area contributed by atoms with Crippen LogP contribution < -0.4 is 20.5 Å². The number of ether oxygens (including phenoxy) is 4. The minimum atomic E-state index is -0.567. The largest absolute Gasteiger partial charge is 0.493 e. The minimum absolute atomic E-state index is 0.0550. The van der Waals surface area contributed by atoms with Gasteiger partial charge in [0, 0.05) is 19.0 Å². The molecule has 0 saturated heterocycles. The molecule has 2 aromatic rings. The molecular formula is C30H44N2O5S. The third-order valence-corrected chi connectivity index (χ3v) is 6.16. The maximum atomic E-state index is 12.4. The lowest BCUT2D eigenvalue weighted by Gasteiger charge is -2.23. The summed E-state index contributed by atoms with van der Waals surface area (Å²) < 4.78 is 22.5. The van der Waals surface area contributed by atoms with Crippen molar-refractivity contribution in [2.45, 2.75) is 59.9 Å². The minimum Gasteiger partial charge on any atom is -0.493 e. The van der Waals surface area contributed by atoms with E-state index in [9.17, 15) is 4.79 Å². The van der Waals surface area contributed by atoms with Crippen LogP contribution in [0.4, 0.5) is 0 Å². The van der Waals surface area contributed by atoms with Crippen LogP contribution in [0.5, 0.6) is 11.5 Å². The lowest BCUT2D eigenvalue weighted by atomic mass is 9.86. The van der Waals surface area contributed by atoms with E-state index in [1.807, 2.05) is 39.0 Å². The van der Waals surface area contributed by atoms with Gasteiger partial charge in [0.1, 0.15) is 6.61 Å². The Morgan fingerprint density at radius 3 is 2.16 bits per heavy atom. The van der Waals surface area contributed by atoms with E-state index in [0.717, 1.165) is 11.1 Å². The van der Waals surface area contributed by atoms with Gasteiger partial charge in [-0.2, -0.15) is 0 Å². The summed E-state index contributed by atoms with van der Waals surface area (Å²) in [6.07, 6.45) is 0.700. The number of rotatable bonds is 12. The van der Waals surface area contributed by atoms with Crippen molar-refractivity contribution in [3.8, 4) is 11.5 Å². The zero-order chi connectivity index (χ0) is 28.3. The first kappa shape index (κ1) is 31.4. The summed E-state index contributed by atoms with van der Waals surface area (Å²) in [5, 5.41) is 3.41. The van der Waals surface area contributed by atoms with Crippen LogP contribution in [0.15, 0.2) is 42.5 Å². The molecule has 0 radical (unpaired) electrons. The topological polar surface area (TPSA) is 92.0 Å². The standard InChI is InChI=1S/C30H44N2O5S/c1-29(2,3)24-11-8-21(9-12-24)16-23(19-36-27(33)30(4,5)6)20-37-28(38)32-18-22-10-13-25(35-15-14-31)26(17-22)34-7/h8-13,17,23H,14-16,18-20,31H2,1-7H3,(H,32,38). The van der Waals surface area contributed by atoms with Crippen molar-refractivity contribution in [2.75, 3.05) is 33.5 Å². The number of nitrogens with one attached hydrogen (secondary N) is 1. The Hall–Kier alpha value is -2.84. The first-order chi connectivity index (χ1) is 17.8. The molecule has 0 amide bonds. The molecule has 7 nitrogen and oxygen atoms in total. The van der Waals surface area contributed by atoms with Crippen molar-refractivity contribution < 1.29 is 23.7 Å². The Labute approximate surface area is 233 Å². The number of benzene rings is 2. The van der Waals surface area contributed by atoms with Gasteiger partial charge in [0.25, 0.3) is 5.17 Å². The highest BCUT2D eigenvalue weighted by Crippen LogP contribution is 2.28. The number of hydrogen-bond acceptors (Lipinski definition) is 7. The molecule has 1 unspecified atom stereocenters. The number of esters is 1. The molecule has 0 aliphatic heterocycles. The third-order valence-electron chi connectivity index (χ3n) is 5.90. The van der Waals surface area contributed by atoms with Gasteiger partial charge in [0.2, 0.25) is 0 Å². The fourth-order valence-corrected chi connectivity index (χ4v) is 3.72. The van der Waals surface area contributed by atoms with Crippen molar-refractivity contribution in [1.82, 2.24) is 5.32 Å². The highest BCUT2D eigenvalue weighted by molar-refractivity contribution is 7.80. The van der Waals surface area contributed by atoms with E-state index in [0.29, 0.717) is 44.2 Å². The maximum Gasteiger partial charge on any atom is 0.311 e. The molecule has 1 atom stereocenters. The SMILES string of the molecule is COc1cc(CNC(=S)OCC(COC(=O)C(C)(C)C)Cc2ccc(C(C)(C)C)cc2)ccc1OCCN. The molecule has 210 valence electrons. The average Bonchev–Trinajstić information content (AvgIpc) is 2.86. The second-order valence-corrected chi connectivity index (χ2v) is 11.8. The number of nitrogens with two attached hydrogens (primary N) is 1. The zero-order valence-corrected chi connectivity index (χ0v) is 24.7. The van der Waals surface area contributed by atoms with Gasteiger partial charge in [-0.05, 0) is 73.6 Å². The van der Waals surface area contributed by atoms with E-state index in [1.165, 1.54) is 5.56 Å². The highest BCUT2D eigenvalue weighted by atomic mass is 32.1. The van der Waals surface area contributed by atoms with Crippen LogP contribution in [0.25, 0.3) is 0 Å². The number of methoxy groups -OCH3 is 1. The van der Waals surface area contributed by atoms with Crippen LogP contribution in [-0.2, 0) is 32.6 Å². The Bertz CT molecular complexity index is 1040. The molecular weight excluding hydrogens is 500 g/mol. The summed E-state index contributed by atoms with van der Waals surface area (Å²) in [6.45, 7) is 14.0. The summed E-state index contributed by atoms with van der Waals surface area (Å²) >= 11 is 5.42. The predicted molar refractivity (Wildman–Crippen MR) is 156 cm³/mol. The van der Waals surface area contributed by atoms with Crippen LogP contribution in [-0.4, -0.2) is 44.6 Å². The lowest BCUT2D eigenvalue weighted by Crippen LogP contribution is -2.30. The first-order valence-electron chi connectivity index (χ1n) is 13.0. The molecule has 0 bridgehead atoms. The predicted octanol–water partition coefficient (Wildman–Crippen LogP) is 5.17. The number of thiocarbonyl (C=S) groups is 1. The van der Waals surface area contributed by atoms with Crippen LogP contribution in [0.3, 0.4) is 0 Å². The van der Waals surface area contributed by atoms with E-state index >= 15 is 0 Å². The van der Waals surface area contributed by atoms with E-state index in [-0.39, 0.29) is 29.1 Å². The normalized spacial score (nSPS) is 12.4. The smallest absolute Gasteiger partial charge is 0.311 e. The molecule has 0 aromatic heterocycles. The molecule has 2 rings (SSSR count). The fourth-order valence-electron chi connectivity index (χ4n) is 3.58. The number of carbonyl (C=O) groups excluding carboxylic acids is 1. The van der Waals surface area contributed by atoms with Gasteiger partial charge in [-0.3, -0.25) is 4.79 Å². The number of carbonyl (C=O) groups is 1. The van der Waals surface area contributed by atoms with Crippen LogP contribution in [0.2, 0.25) is 0 Å². The van der Waals surface area contributed by atoms with Gasteiger partial charge in [-0.1, -0.05) is 51.1 Å². The van der Waals surface area contributed by atoms with Crippen molar-refractivity contribution >= 4 is 23.4 Å². The van der Waals surface area contributed by atoms with Crippen molar-refractivity contribution in [1.29, 1.82) is 0 Å². The fraction of sp³-hybridized carbons (Fsp3) is 0.533. The Kier molecular flexibility index (Phi) is 11.9. The molecule has 3 N–H and O–H groups in total. The quantitative estimate of drug-likeness (QED) is 0.279. The lowest BCUT2D eigenvalue weighted by molar-refractivity contribution is -0.154. The van der Waals surface area contributed by atoms with Gasteiger partial charge in [-0.15, -0.1) is 0 Å². The average molecular weight is 545 g/mol. The Balaban J connectivity index is 1.98. The van der Waals surface area contributed by atoms with Gasteiger partial charge < -0.3 is 30.0 Å². The van der Waals surface area contributed by atoms with E-state index in [4.69, 9.17) is 36.9 Å². The molecule has 0 heterocycles. The summed E-state index contributed by atoms with van der Waals surface area (Å²) in [5.74, 6) is 0.978. The Morgan fingerprint density at radius 1 is 0.947 bits per heavy atom. The third kappa shape index (κ3) is 10.5. The Morgan fingerprint density at radius 2 is 1.58 bits per heavy atom. The van der Waals surface area contributed by atoms with Crippen molar-refractivity contribution in [3.05, 3.63) is 59.2 Å². The molecule has 0 aliphatic carbocycles. The molecule has 8 heteroatoms. The number of hydrogen-bond donors (Lipinski definition) is 2. The summed E-state index contributed by atoms with van der Waals surface area (Å²) in [4.78, 5) is 12.4. The zero-order valence-electron chi connectivity index (χ0n) is 23.9. The second kappa shape index (κ2) is 14.4. The van der Waals surface area contributed by atoms with E-state index in [2.05, 4.69) is 50.4 Å². The van der Waals surface area contributed by atoms with Gasteiger partial charge in [-0.25, -0.2) is 0 Å². The van der Waals surface area contributed by atoms with Crippen molar-refractivity contribution in [2.24, 2.45) is 17.1 Å². The molecule has 0 fully saturated rings. The van der Waals surface area contributed by atoms with Crippen LogP contribution >= 0.6 is 12.2 Å². The summed E-state index contributed by atoms with van der Waals surface area (Å²) in [6, 6.07) is 14.2. The molecule has 0 saturated carbocycles. The maximum absolute atomic E-state index is 12.4. The van der Waals surface area contributed by atoms with E-state index < -0.39 is 5.41 Å².